The number of fused-ring (bicyclic) bond motifs is 2. The highest BCUT2D eigenvalue weighted by Crippen LogP contribution is 2.25. The van der Waals surface area contributed by atoms with E-state index in [1.807, 2.05) is 19.3 Å². The fraction of sp³-hybridized carbons (Fsp3) is 0.125. The highest BCUT2D eigenvalue weighted by Gasteiger charge is 2.12. The van der Waals surface area contributed by atoms with Crippen LogP contribution in [-0.4, -0.2) is 39.7 Å². The minimum atomic E-state index is 0.534. The van der Waals surface area contributed by atoms with Gasteiger partial charge in [0.25, 0.3) is 0 Å². The first-order valence-corrected chi connectivity index (χ1v) is 8.46. The lowest BCUT2D eigenvalue weighted by Gasteiger charge is -2.00. The molecule has 0 unspecified atom stereocenters. The van der Waals surface area contributed by atoms with Crippen molar-refractivity contribution in [2.24, 2.45) is 7.05 Å². The van der Waals surface area contributed by atoms with E-state index in [-0.39, 0.29) is 0 Å². The third-order valence-electron chi connectivity index (χ3n) is 3.87. The summed E-state index contributed by atoms with van der Waals surface area (Å²) in [5.74, 6) is 0. The molecule has 0 amide bonds. The first-order chi connectivity index (χ1) is 12.3. The Balaban J connectivity index is 1.56. The van der Waals surface area contributed by atoms with Gasteiger partial charge in [-0.05, 0) is 18.2 Å². The highest BCUT2D eigenvalue weighted by molar-refractivity contribution is 7.19. The summed E-state index contributed by atoms with van der Waals surface area (Å²) in [6.45, 7) is 0.586. The normalized spacial score (nSPS) is 11.6. The molecule has 25 heavy (non-hydrogen) atoms. The predicted molar refractivity (Wildman–Crippen MR) is 94.0 cm³/mol. The topological polar surface area (TPSA) is 87.2 Å². The summed E-state index contributed by atoms with van der Waals surface area (Å²) in [6, 6.07) is 6.08. The van der Waals surface area contributed by atoms with Gasteiger partial charge in [0.2, 0.25) is 5.65 Å². The van der Waals surface area contributed by atoms with Gasteiger partial charge in [0.15, 0.2) is 5.65 Å². The van der Waals surface area contributed by atoms with Crippen LogP contribution in [0.3, 0.4) is 0 Å². The third-order valence-corrected chi connectivity index (χ3v) is 4.95. The van der Waals surface area contributed by atoms with Gasteiger partial charge < -0.3 is 0 Å². The van der Waals surface area contributed by atoms with Crippen LogP contribution < -0.4 is 0 Å². The molecule has 5 aromatic heterocycles. The van der Waals surface area contributed by atoms with Crippen LogP contribution in [0.1, 0.15) is 4.88 Å². The zero-order valence-corrected chi connectivity index (χ0v) is 14.1. The van der Waals surface area contributed by atoms with Crippen LogP contribution in [0.4, 0.5) is 0 Å². The molecule has 0 atom stereocenters. The van der Waals surface area contributed by atoms with Crippen LogP contribution in [-0.2, 0) is 13.6 Å². The molecule has 0 aromatic carbocycles. The second kappa shape index (κ2) is 5.42. The van der Waals surface area contributed by atoms with E-state index in [1.165, 1.54) is 0 Å². The van der Waals surface area contributed by atoms with Crippen molar-refractivity contribution in [2.75, 3.05) is 0 Å². The lowest BCUT2D eigenvalue weighted by molar-refractivity contribution is 0.671. The molecule has 0 N–H and O–H groups in total. The molecule has 5 rings (SSSR count). The Hall–Kier alpha value is -3.20. The lowest BCUT2D eigenvalue weighted by Crippen LogP contribution is -2.02. The molecule has 0 aliphatic carbocycles. The summed E-state index contributed by atoms with van der Waals surface area (Å²) < 4.78 is 4.66. The highest BCUT2D eigenvalue weighted by atomic mass is 32.1. The van der Waals surface area contributed by atoms with Crippen molar-refractivity contribution in [3.63, 3.8) is 0 Å². The molecule has 0 saturated heterocycles. The molecule has 0 aliphatic heterocycles. The van der Waals surface area contributed by atoms with E-state index in [1.54, 1.807) is 39.3 Å². The van der Waals surface area contributed by atoms with Gasteiger partial charge in [-0.2, -0.15) is 5.10 Å². The molecule has 5 heterocycles. The second-order valence-corrected chi connectivity index (χ2v) is 6.82. The first-order valence-electron chi connectivity index (χ1n) is 7.65. The largest absolute Gasteiger partial charge is 0.275 e. The Labute approximate surface area is 145 Å². The van der Waals surface area contributed by atoms with Crippen molar-refractivity contribution in [3.05, 3.63) is 47.9 Å². The molecule has 8 nitrogen and oxygen atoms in total. The van der Waals surface area contributed by atoms with Gasteiger partial charge >= 0.3 is 0 Å². The van der Waals surface area contributed by atoms with Gasteiger partial charge in [-0.1, -0.05) is 5.21 Å². The molecule has 0 radical (unpaired) electrons. The lowest BCUT2D eigenvalue weighted by atomic mass is 10.3. The fourth-order valence-corrected chi connectivity index (χ4v) is 3.70. The zero-order valence-electron chi connectivity index (χ0n) is 13.2. The predicted octanol–water partition coefficient (Wildman–Crippen LogP) is 2.28. The number of rotatable bonds is 3. The van der Waals surface area contributed by atoms with Crippen molar-refractivity contribution in [1.82, 2.24) is 39.7 Å². The number of aromatic nitrogens is 8. The van der Waals surface area contributed by atoms with Crippen molar-refractivity contribution in [2.45, 2.75) is 6.54 Å². The van der Waals surface area contributed by atoms with E-state index >= 15 is 0 Å². The summed E-state index contributed by atoms with van der Waals surface area (Å²) >= 11 is 1.70. The van der Waals surface area contributed by atoms with Crippen LogP contribution in [0.25, 0.3) is 32.8 Å². The number of hydrogen-bond acceptors (Lipinski definition) is 7. The van der Waals surface area contributed by atoms with Gasteiger partial charge in [0.05, 0.1) is 34.8 Å². The van der Waals surface area contributed by atoms with Crippen LogP contribution in [0.5, 0.6) is 0 Å². The maximum Gasteiger partial charge on any atom is 0.221 e. The van der Waals surface area contributed by atoms with Crippen LogP contribution in [0, 0.1) is 0 Å². The molecule has 0 bridgehead atoms. The van der Waals surface area contributed by atoms with Crippen molar-refractivity contribution in [3.8, 4) is 11.3 Å². The van der Waals surface area contributed by atoms with Crippen molar-refractivity contribution in [1.29, 1.82) is 0 Å². The van der Waals surface area contributed by atoms with E-state index in [2.05, 4.69) is 42.5 Å². The Kier molecular flexibility index (Phi) is 3.07. The van der Waals surface area contributed by atoms with Crippen molar-refractivity contribution < 1.29 is 0 Å². The van der Waals surface area contributed by atoms with Gasteiger partial charge in [-0.25, -0.2) is 14.6 Å². The molecule has 5 aromatic rings. The van der Waals surface area contributed by atoms with Gasteiger partial charge in [-0.3, -0.25) is 9.67 Å². The van der Waals surface area contributed by atoms with Crippen LogP contribution in [0.2, 0.25) is 0 Å². The average Bonchev–Trinajstić information content (AvgIpc) is 3.33. The van der Waals surface area contributed by atoms with E-state index < -0.39 is 0 Å². The van der Waals surface area contributed by atoms with E-state index in [0.717, 1.165) is 26.4 Å². The van der Waals surface area contributed by atoms with E-state index in [4.69, 9.17) is 0 Å². The number of thiophene rings is 1. The number of pyridine rings is 1. The monoisotopic (exact) mass is 348 g/mol. The molecular weight excluding hydrogens is 336 g/mol. The fourth-order valence-electron chi connectivity index (χ4n) is 2.70. The summed E-state index contributed by atoms with van der Waals surface area (Å²) in [6.07, 6.45) is 7.17. The first kappa shape index (κ1) is 14.2. The quantitative estimate of drug-likeness (QED) is 0.497. The summed E-state index contributed by atoms with van der Waals surface area (Å²) in [5.41, 5.74) is 3.85. The summed E-state index contributed by atoms with van der Waals surface area (Å²) in [5, 5.41) is 12.5. The Morgan fingerprint density at radius 3 is 3.00 bits per heavy atom. The minimum absolute atomic E-state index is 0.534. The molecule has 0 aliphatic rings. The Morgan fingerprint density at radius 1 is 1.20 bits per heavy atom. The van der Waals surface area contributed by atoms with E-state index in [9.17, 15) is 0 Å². The molecular formula is C16H12N8S. The average molecular weight is 348 g/mol. The maximum atomic E-state index is 4.68. The van der Waals surface area contributed by atoms with Crippen molar-refractivity contribution >= 4 is 32.8 Å². The molecule has 0 saturated carbocycles. The zero-order chi connectivity index (χ0) is 16.8. The SMILES string of the molecule is Cn1cc(-c2cnc3nnn(Cc4cc5ncccc5s4)c3n2)cn1. The molecule has 9 heteroatoms. The molecule has 0 fully saturated rings. The number of nitrogens with zero attached hydrogens (tertiary/aromatic N) is 8. The molecule has 0 spiro atoms. The number of hydrogen-bond donors (Lipinski definition) is 0. The minimum Gasteiger partial charge on any atom is -0.275 e. The number of aryl methyl sites for hydroxylation is 1. The van der Waals surface area contributed by atoms with Gasteiger partial charge in [0, 0.05) is 29.9 Å². The second-order valence-electron chi connectivity index (χ2n) is 5.65. The standard InChI is InChI=1S/C16H12N8S/c1-23-8-10(6-19-23)13-7-18-15-16(20-13)24(22-21-15)9-11-5-12-14(25-11)3-2-4-17-12/h2-8H,9H2,1H3. The van der Waals surface area contributed by atoms with Gasteiger partial charge in [-0.15, -0.1) is 16.4 Å². The smallest absolute Gasteiger partial charge is 0.221 e. The Morgan fingerprint density at radius 2 is 2.16 bits per heavy atom. The summed E-state index contributed by atoms with van der Waals surface area (Å²) in [7, 11) is 1.87. The van der Waals surface area contributed by atoms with Gasteiger partial charge in [0.1, 0.15) is 0 Å². The van der Waals surface area contributed by atoms with E-state index in [0.29, 0.717) is 17.8 Å². The van der Waals surface area contributed by atoms with Crippen LogP contribution >= 0.6 is 11.3 Å². The molecule has 122 valence electrons. The summed E-state index contributed by atoms with van der Waals surface area (Å²) in [4.78, 5) is 14.6. The van der Waals surface area contributed by atoms with Crippen LogP contribution in [0.15, 0.2) is 43.0 Å². The maximum absolute atomic E-state index is 4.68. The Bertz CT molecular complexity index is 1170. The third kappa shape index (κ3) is 2.45.